The van der Waals surface area contributed by atoms with Crippen LogP contribution < -0.4 is 16.9 Å². The Morgan fingerprint density at radius 2 is 1.61 bits per heavy atom. The molecule has 0 aromatic heterocycles. The quantitative estimate of drug-likeness (QED) is 0.158. The number of nitrogens with two attached hydrogens (primary N) is 2. The second-order valence-corrected chi connectivity index (χ2v) is 8.51. The first-order valence-electron chi connectivity index (χ1n) is 11.3. The van der Waals surface area contributed by atoms with Gasteiger partial charge in [-0.3, -0.25) is 24.5 Å². The number of imide groups is 1. The molecule has 13 heteroatoms. The fraction of sp³-hybridized carbons (Fsp3) is 0.565. The zero-order chi connectivity index (χ0) is 27.9. The fourth-order valence-corrected chi connectivity index (χ4v) is 3.19. The third-order valence-electron chi connectivity index (χ3n) is 4.91. The Hall–Kier alpha value is -3.03. The van der Waals surface area contributed by atoms with E-state index < -0.39 is 41.8 Å². The predicted molar refractivity (Wildman–Crippen MR) is 124 cm³/mol. The van der Waals surface area contributed by atoms with Gasteiger partial charge in [-0.25, -0.2) is 10.3 Å². The first-order valence-corrected chi connectivity index (χ1v) is 11.3. The number of nitrogens with zero attached hydrogens (tertiary/aromatic N) is 1. The number of hydrogen-bond acceptors (Lipinski definition) is 7. The number of aliphatic carboxylic acids is 1. The number of benzene rings is 1. The number of hydrogen-bond donors (Lipinski definition) is 5. The summed E-state index contributed by atoms with van der Waals surface area (Å²) in [5.74, 6) is -4.94. The van der Waals surface area contributed by atoms with E-state index >= 15 is 0 Å². The number of carbonyl (C=O) groups excluding carboxylic acids is 3. The Labute approximate surface area is 207 Å². The Morgan fingerprint density at radius 3 is 2.06 bits per heavy atom. The van der Waals surface area contributed by atoms with Crippen LogP contribution in [-0.2, 0) is 25.7 Å². The highest BCUT2D eigenvalue weighted by Gasteiger charge is 2.38. The third-order valence-corrected chi connectivity index (χ3v) is 4.91. The molecule has 1 unspecified atom stereocenters. The maximum Gasteiger partial charge on any atom is 0.490 e. The first-order chi connectivity index (χ1) is 16.7. The molecule has 0 fully saturated rings. The smallest absolute Gasteiger partial charge is 0.475 e. The lowest BCUT2D eigenvalue weighted by molar-refractivity contribution is -0.192. The number of amides is 3. The standard InChI is InChI=1S/C21H34N4O4.C2HF3O2/c1-15(2)12-17(13-19(26)24-29)20(27)25(14-16-8-4-3-5-9-16)21(28)18(23)10-6-7-11-22;3-2(4,5)1(6)7/h3-5,8-9,15,17-18,29H,6-7,10-14,22-23H2,1-2H3,(H,24,26);(H,6,7)/t17?,18-;/m0./s1. The summed E-state index contributed by atoms with van der Waals surface area (Å²) in [5.41, 5.74) is 13.9. The van der Waals surface area contributed by atoms with Crippen LogP contribution in [0.5, 0.6) is 0 Å². The predicted octanol–water partition coefficient (Wildman–Crippen LogP) is 2.19. The normalized spacial score (nSPS) is 12.7. The van der Waals surface area contributed by atoms with Crippen LogP contribution >= 0.6 is 0 Å². The van der Waals surface area contributed by atoms with Crippen LogP contribution in [0.15, 0.2) is 30.3 Å². The van der Waals surface area contributed by atoms with E-state index in [9.17, 15) is 27.6 Å². The maximum absolute atomic E-state index is 13.3. The molecular weight excluding hydrogens is 485 g/mol. The van der Waals surface area contributed by atoms with Gasteiger partial charge in [-0.1, -0.05) is 50.6 Å². The Kier molecular flexibility index (Phi) is 15.2. The van der Waals surface area contributed by atoms with Crippen LogP contribution in [0, 0.1) is 11.8 Å². The monoisotopic (exact) mass is 520 g/mol. The summed E-state index contributed by atoms with van der Waals surface area (Å²) in [7, 11) is 0. The summed E-state index contributed by atoms with van der Waals surface area (Å²) >= 11 is 0. The van der Waals surface area contributed by atoms with Crippen molar-refractivity contribution in [1.82, 2.24) is 10.4 Å². The van der Waals surface area contributed by atoms with E-state index in [-0.39, 0.29) is 18.9 Å². The molecule has 1 rings (SSSR count). The van der Waals surface area contributed by atoms with Crippen molar-refractivity contribution in [3.63, 3.8) is 0 Å². The van der Waals surface area contributed by atoms with Gasteiger partial charge in [-0.2, -0.15) is 13.2 Å². The van der Waals surface area contributed by atoms with E-state index in [0.29, 0.717) is 25.8 Å². The lowest BCUT2D eigenvalue weighted by Crippen LogP contribution is -2.49. The van der Waals surface area contributed by atoms with Gasteiger partial charge in [0.05, 0.1) is 12.6 Å². The number of carbonyl (C=O) groups is 4. The zero-order valence-electron chi connectivity index (χ0n) is 20.3. The Bertz CT molecular complexity index is 837. The van der Waals surface area contributed by atoms with Crippen molar-refractivity contribution >= 4 is 23.7 Å². The molecule has 1 aromatic carbocycles. The van der Waals surface area contributed by atoms with Crippen LogP contribution in [0.3, 0.4) is 0 Å². The third kappa shape index (κ3) is 13.2. The second-order valence-electron chi connectivity index (χ2n) is 8.51. The summed E-state index contributed by atoms with van der Waals surface area (Å²) in [6.07, 6.45) is -3.00. The van der Waals surface area contributed by atoms with E-state index in [2.05, 4.69) is 0 Å². The SMILES string of the molecule is CC(C)CC(CC(=O)NO)C(=O)N(Cc1ccccc1)C(=O)[C@@H](N)CCCCN.O=C(O)C(F)(F)F. The number of nitrogens with one attached hydrogen (secondary N) is 1. The molecule has 10 nitrogen and oxygen atoms in total. The molecule has 0 heterocycles. The number of carboxylic acids is 1. The molecule has 2 atom stereocenters. The molecule has 0 bridgehead atoms. The van der Waals surface area contributed by atoms with Crippen molar-refractivity contribution in [2.45, 2.75) is 64.7 Å². The highest BCUT2D eigenvalue weighted by molar-refractivity contribution is 5.99. The van der Waals surface area contributed by atoms with Gasteiger partial charge < -0.3 is 16.6 Å². The van der Waals surface area contributed by atoms with Gasteiger partial charge in [0.2, 0.25) is 17.7 Å². The van der Waals surface area contributed by atoms with Crippen LogP contribution in [0.1, 0.15) is 51.5 Å². The second kappa shape index (κ2) is 16.6. The molecule has 0 spiro atoms. The minimum atomic E-state index is -5.08. The highest BCUT2D eigenvalue weighted by atomic mass is 19.4. The number of hydroxylamine groups is 1. The largest absolute Gasteiger partial charge is 0.490 e. The van der Waals surface area contributed by atoms with Crippen molar-refractivity contribution in [2.75, 3.05) is 6.54 Å². The number of halogens is 3. The number of carboxylic acid groups (broad SMARTS) is 1. The summed E-state index contributed by atoms with van der Waals surface area (Å²) in [5, 5.41) is 16.0. The van der Waals surface area contributed by atoms with Crippen LogP contribution in [0.4, 0.5) is 13.2 Å². The molecule has 1 aromatic rings. The van der Waals surface area contributed by atoms with Crippen LogP contribution in [0.2, 0.25) is 0 Å². The Balaban J connectivity index is 0.00000152. The van der Waals surface area contributed by atoms with Gasteiger partial charge in [-0.05, 0) is 37.3 Å². The topological polar surface area (TPSA) is 176 Å². The van der Waals surface area contributed by atoms with Crippen molar-refractivity contribution in [1.29, 1.82) is 0 Å². The number of alkyl halides is 3. The van der Waals surface area contributed by atoms with Crippen molar-refractivity contribution in [2.24, 2.45) is 23.3 Å². The summed E-state index contributed by atoms with van der Waals surface area (Å²) < 4.78 is 31.7. The van der Waals surface area contributed by atoms with Crippen molar-refractivity contribution < 1.29 is 42.7 Å². The van der Waals surface area contributed by atoms with Crippen LogP contribution in [0.25, 0.3) is 0 Å². The maximum atomic E-state index is 13.3. The molecule has 204 valence electrons. The van der Waals surface area contributed by atoms with Gasteiger partial charge in [-0.15, -0.1) is 0 Å². The van der Waals surface area contributed by atoms with E-state index in [1.165, 1.54) is 0 Å². The van der Waals surface area contributed by atoms with E-state index in [0.717, 1.165) is 16.9 Å². The zero-order valence-corrected chi connectivity index (χ0v) is 20.3. The van der Waals surface area contributed by atoms with Crippen LogP contribution in [-0.4, -0.2) is 57.7 Å². The number of rotatable bonds is 12. The summed E-state index contributed by atoms with van der Waals surface area (Å²) in [6.45, 7) is 4.46. The molecule has 0 radical (unpaired) electrons. The molecular formula is C23H35F3N4O6. The summed E-state index contributed by atoms with van der Waals surface area (Å²) in [4.78, 5) is 48.1. The lowest BCUT2D eigenvalue weighted by Gasteiger charge is -2.28. The van der Waals surface area contributed by atoms with Gasteiger partial charge in [0.15, 0.2) is 0 Å². The molecule has 36 heavy (non-hydrogen) atoms. The summed E-state index contributed by atoms with van der Waals surface area (Å²) in [6, 6.07) is 8.34. The minimum Gasteiger partial charge on any atom is -0.475 e. The van der Waals surface area contributed by atoms with Gasteiger partial charge in [0.1, 0.15) is 0 Å². The molecule has 7 N–H and O–H groups in total. The van der Waals surface area contributed by atoms with Gasteiger partial charge in [0, 0.05) is 12.3 Å². The van der Waals surface area contributed by atoms with E-state index in [1.807, 2.05) is 44.2 Å². The molecule has 0 aliphatic heterocycles. The number of unbranched alkanes of at least 4 members (excludes halogenated alkanes) is 1. The Morgan fingerprint density at radius 1 is 1.06 bits per heavy atom. The first kappa shape index (κ1) is 33.0. The molecule has 0 aliphatic carbocycles. The molecule has 0 aliphatic rings. The lowest BCUT2D eigenvalue weighted by atomic mass is 9.92. The van der Waals surface area contributed by atoms with E-state index in [1.54, 1.807) is 5.48 Å². The molecule has 3 amide bonds. The fourth-order valence-electron chi connectivity index (χ4n) is 3.19. The van der Waals surface area contributed by atoms with Crippen molar-refractivity contribution in [3.8, 4) is 0 Å². The molecule has 0 saturated carbocycles. The molecule has 0 saturated heterocycles. The minimum absolute atomic E-state index is 0.0818. The van der Waals surface area contributed by atoms with Gasteiger partial charge >= 0.3 is 12.1 Å². The van der Waals surface area contributed by atoms with Gasteiger partial charge in [0.25, 0.3) is 0 Å². The average Bonchev–Trinajstić information content (AvgIpc) is 2.81. The van der Waals surface area contributed by atoms with Crippen molar-refractivity contribution in [3.05, 3.63) is 35.9 Å². The highest BCUT2D eigenvalue weighted by Crippen LogP contribution is 2.21. The average molecular weight is 521 g/mol. The van der Waals surface area contributed by atoms with E-state index in [4.69, 9.17) is 26.6 Å².